The van der Waals surface area contributed by atoms with Crippen LogP contribution in [0.3, 0.4) is 0 Å². The number of hydrogen-bond acceptors (Lipinski definition) is 8. The number of carboxylic acid groups (broad SMARTS) is 1. The molecule has 3 fully saturated rings. The number of nitrogens with zero attached hydrogens (tertiary/aromatic N) is 2. The van der Waals surface area contributed by atoms with Crippen molar-refractivity contribution >= 4 is 47.3 Å². The Bertz CT molecular complexity index is 1560. The Morgan fingerprint density at radius 3 is 1.91 bits per heavy atom. The van der Waals surface area contributed by atoms with E-state index in [1.807, 2.05) is 44.2 Å². The standard InChI is InChI=1S/C38H55N7O9/c1-5-22(3)31-35(51)39-21-29(46)42-32(23(4)6-2)36(52)41-26(20-24-12-8-7-9-13-24)37(53)45-19-11-15-28(45)38(54)44-18-10-14-27(44)34(50)40-25(33(49)43-31)16-17-30(47)48/h7-9,12-13,22-23,25-28,31-32H,5-6,10-11,14-21H2,1-4H3,(H,39,51)(H,40,50)(H,41,52)(H,42,46)(H,43,49)(H,47,48). The lowest BCUT2D eigenvalue weighted by molar-refractivity contribution is -0.148. The zero-order chi connectivity index (χ0) is 39.5. The van der Waals surface area contributed by atoms with Crippen molar-refractivity contribution in [1.29, 1.82) is 0 Å². The molecular weight excluding hydrogens is 698 g/mol. The van der Waals surface area contributed by atoms with Crippen LogP contribution in [0.5, 0.6) is 0 Å². The van der Waals surface area contributed by atoms with E-state index in [9.17, 15) is 43.5 Å². The van der Waals surface area contributed by atoms with Crippen LogP contribution >= 0.6 is 0 Å². The van der Waals surface area contributed by atoms with Gasteiger partial charge >= 0.3 is 5.97 Å². The van der Waals surface area contributed by atoms with Gasteiger partial charge in [0.25, 0.3) is 0 Å². The Labute approximate surface area is 315 Å². The molecule has 16 heteroatoms. The lowest BCUT2D eigenvalue weighted by atomic mass is 9.96. The van der Waals surface area contributed by atoms with Crippen molar-refractivity contribution < 1.29 is 43.5 Å². The molecule has 6 N–H and O–H groups in total. The topological polar surface area (TPSA) is 223 Å². The third-order valence-corrected chi connectivity index (χ3v) is 10.9. The maximum Gasteiger partial charge on any atom is 0.303 e. The van der Waals surface area contributed by atoms with Crippen molar-refractivity contribution in [2.24, 2.45) is 11.8 Å². The minimum atomic E-state index is -1.35. The first-order valence-corrected chi connectivity index (χ1v) is 19.1. The number of carboxylic acids is 1. The van der Waals surface area contributed by atoms with Gasteiger partial charge in [-0.2, -0.15) is 0 Å². The van der Waals surface area contributed by atoms with Crippen LogP contribution in [0, 0.1) is 11.8 Å². The SMILES string of the molecule is CCC(C)C1NC(=O)CNC(=O)C(C(C)CC)NC(=O)C(CCC(=O)O)NC(=O)C2CCCN2C(=O)C2CCCN2C(=O)C(Cc2ccccc2)NC1=O. The molecule has 4 rings (SSSR count). The first-order chi connectivity index (χ1) is 25.7. The van der Waals surface area contributed by atoms with Crippen LogP contribution in [0.15, 0.2) is 30.3 Å². The second-order valence-electron chi connectivity index (χ2n) is 14.6. The van der Waals surface area contributed by atoms with Gasteiger partial charge < -0.3 is 41.5 Å². The summed E-state index contributed by atoms with van der Waals surface area (Å²) >= 11 is 0. The minimum Gasteiger partial charge on any atom is -0.481 e. The molecule has 0 aromatic heterocycles. The number of amides is 7. The second-order valence-corrected chi connectivity index (χ2v) is 14.6. The molecule has 3 aliphatic heterocycles. The Morgan fingerprint density at radius 2 is 1.30 bits per heavy atom. The van der Waals surface area contributed by atoms with Gasteiger partial charge in [-0.3, -0.25) is 38.4 Å². The molecule has 7 amide bonds. The van der Waals surface area contributed by atoms with Crippen LogP contribution in [-0.2, 0) is 44.8 Å². The quantitative estimate of drug-likeness (QED) is 0.203. The van der Waals surface area contributed by atoms with Gasteiger partial charge in [0.2, 0.25) is 41.4 Å². The number of rotatable bonds is 9. The molecule has 0 spiro atoms. The van der Waals surface area contributed by atoms with Gasteiger partial charge in [-0.15, -0.1) is 0 Å². The van der Waals surface area contributed by atoms with Crippen molar-refractivity contribution in [3.05, 3.63) is 35.9 Å². The number of nitrogens with one attached hydrogen (secondary N) is 5. The predicted molar refractivity (Wildman–Crippen MR) is 196 cm³/mol. The molecule has 0 saturated carbocycles. The average Bonchev–Trinajstić information content (AvgIpc) is 3.86. The highest BCUT2D eigenvalue weighted by atomic mass is 16.4. The summed E-state index contributed by atoms with van der Waals surface area (Å²) in [7, 11) is 0. The van der Waals surface area contributed by atoms with E-state index < -0.39 is 102 Å². The molecule has 8 unspecified atom stereocenters. The number of carbonyl (C=O) groups is 8. The summed E-state index contributed by atoms with van der Waals surface area (Å²) in [5.41, 5.74) is 0.767. The predicted octanol–water partition coefficient (Wildman–Crippen LogP) is 0.237. The normalized spacial score (nSPS) is 27.7. The summed E-state index contributed by atoms with van der Waals surface area (Å²) in [6.07, 6.45) is 1.96. The zero-order valence-electron chi connectivity index (χ0n) is 31.6. The number of benzene rings is 1. The summed E-state index contributed by atoms with van der Waals surface area (Å²) in [5.74, 6) is -6.30. The fourth-order valence-electron chi connectivity index (χ4n) is 7.26. The van der Waals surface area contributed by atoms with Crippen molar-refractivity contribution in [2.75, 3.05) is 19.6 Å². The van der Waals surface area contributed by atoms with E-state index in [0.717, 1.165) is 5.56 Å². The smallest absolute Gasteiger partial charge is 0.303 e. The van der Waals surface area contributed by atoms with Gasteiger partial charge in [0, 0.05) is 25.9 Å². The van der Waals surface area contributed by atoms with Crippen molar-refractivity contribution in [3.63, 3.8) is 0 Å². The molecule has 0 bridgehead atoms. The average molecular weight is 754 g/mol. The third-order valence-electron chi connectivity index (χ3n) is 10.9. The van der Waals surface area contributed by atoms with Crippen LogP contribution in [0.25, 0.3) is 0 Å². The van der Waals surface area contributed by atoms with E-state index in [1.165, 1.54) is 9.80 Å². The Kier molecular flexibility index (Phi) is 15.0. The molecule has 3 saturated heterocycles. The zero-order valence-corrected chi connectivity index (χ0v) is 31.6. The summed E-state index contributed by atoms with van der Waals surface area (Å²) < 4.78 is 0. The van der Waals surface area contributed by atoms with Gasteiger partial charge in [-0.1, -0.05) is 70.9 Å². The maximum atomic E-state index is 14.4. The van der Waals surface area contributed by atoms with Crippen molar-refractivity contribution in [3.8, 4) is 0 Å². The van der Waals surface area contributed by atoms with Gasteiger partial charge in [-0.25, -0.2) is 0 Å². The molecule has 1 aromatic carbocycles. The summed E-state index contributed by atoms with van der Waals surface area (Å²) in [4.78, 5) is 111. The fraction of sp³-hybridized carbons (Fsp3) is 0.632. The number of aliphatic carboxylic acids is 1. The van der Waals surface area contributed by atoms with E-state index in [4.69, 9.17) is 0 Å². The van der Waals surface area contributed by atoms with E-state index in [0.29, 0.717) is 32.1 Å². The van der Waals surface area contributed by atoms with Crippen molar-refractivity contribution in [1.82, 2.24) is 36.4 Å². The molecule has 3 aliphatic rings. The van der Waals surface area contributed by atoms with E-state index >= 15 is 0 Å². The molecule has 16 nitrogen and oxygen atoms in total. The van der Waals surface area contributed by atoms with Crippen LogP contribution in [-0.4, -0.2) is 118 Å². The molecular formula is C38H55N7O9. The third kappa shape index (κ3) is 10.6. The molecule has 0 aliphatic carbocycles. The van der Waals surface area contributed by atoms with Gasteiger partial charge in [-0.05, 0) is 49.5 Å². The Hall–Kier alpha value is -5.02. The van der Waals surface area contributed by atoms with E-state index in [2.05, 4.69) is 26.6 Å². The van der Waals surface area contributed by atoms with E-state index in [-0.39, 0.29) is 38.3 Å². The maximum absolute atomic E-state index is 14.4. The highest BCUT2D eigenvalue weighted by molar-refractivity contribution is 5.98. The number of carbonyl (C=O) groups excluding carboxylic acids is 7. The van der Waals surface area contributed by atoms with Gasteiger partial charge in [0.1, 0.15) is 36.3 Å². The van der Waals surface area contributed by atoms with Crippen LogP contribution in [0.1, 0.15) is 84.6 Å². The number of hydrogen-bond donors (Lipinski definition) is 6. The summed E-state index contributed by atoms with van der Waals surface area (Å²) in [6.45, 7) is 7.13. The Balaban J connectivity index is 1.73. The molecule has 8 atom stereocenters. The highest BCUT2D eigenvalue weighted by Gasteiger charge is 2.44. The largest absolute Gasteiger partial charge is 0.481 e. The Morgan fingerprint density at radius 1 is 0.722 bits per heavy atom. The molecule has 0 radical (unpaired) electrons. The molecule has 296 valence electrons. The van der Waals surface area contributed by atoms with Crippen LogP contribution in [0.2, 0.25) is 0 Å². The monoisotopic (exact) mass is 753 g/mol. The van der Waals surface area contributed by atoms with E-state index in [1.54, 1.807) is 13.8 Å². The summed E-state index contributed by atoms with van der Waals surface area (Å²) in [5, 5.41) is 22.8. The van der Waals surface area contributed by atoms with Crippen LogP contribution < -0.4 is 26.6 Å². The highest BCUT2D eigenvalue weighted by Crippen LogP contribution is 2.26. The number of fused-ring (bicyclic) bond motifs is 2. The fourth-order valence-corrected chi connectivity index (χ4v) is 7.26. The molecule has 3 heterocycles. The second kappa shape index (κ2) is 19.3. The lowest BCUT2D eigenvalue weighted by Crippen LogP contribution is -2.59. The first-order valence-electron chi connectivity index (χ1n) is 19.1. The van der Waals surface area contributed by atoms with Gasteiger partial charge in [0.05, 0.1) is 6.54 Å². The first kappa shape index (κ1) is 41.7. The van der Waals surface area contributed by atoms with Gasteiger partial charge in [0.15, 0.2) is 0 Å². The van der Waals surface area contributed by atoms with Crippen molar-refractivity contribution in [2.45, 2.75) is 122 Å². The summed E-state index contributed by atoms with van der Waals surface area (Å²) in [6, 6.07) is 2.57. The molecule has 1 aromatic rings. The molecule has 54 heavy (non-hydrogen) atoms. The lowest BCUT2D eigenvalue weighted by Gasteiger charge is -2.34. The minimum absolute atomic E-state index is 0.116. The van der Waals surface area contributed by atoms with Crippen LogP contribution in [0.4, 0.5) is 0 Å².